The first-order chi connectivity index (χ1) is 7.20. The number of rotatable bonds is 1. The standard InChI is InChI=1S/C13H10F2/c1-9-5-4-8-12(15)13(9)10-6-2-3-7-11(10)14/h2-8H,1H3. The first-order valence-corrected chi connectivity index (χ1v) is 4.70. The second-order valence-electron chi connectivity index (χ2n) is 3.41. The van der Waals surface area contributed by atoms with Gasteiger partial charge in [-0.15, -0.1) is 0 Å². The lowest BCUT2D eigenvalue weighted by Crippen LogP contribution is -1.91. The summed E-state index contributed by atoms with van der Waals surface area (Å²) < 4.78 is 27.0. The van der Waals surface area contributed by atoms with Gasteiger partial charge in [-0.05, 0) is 24.6 Å². The third-order valence-electron chi connectivity index (χ3n) is 2.37. The van der Waals surface area contributed by atoms with Crippen LogP contribution in [0, 0.1) is 18.6 Å². The molecule has 0 saturated heterocycles. The molecule has 76 valence electrons. The van der Waals surface area contributed by atoms with E-state index in [2.05, 4.69) is 0 Å². The van der Waals surface area contributed by atoms with E-state index in [-0.39, 0.29) is 5.82 Å². The molecule has 0 aliphatic heterocycles. The lowest BCUT2D eigenvalue weighted by molar-refractivity contribution is 0.615. The van der Waals surface area contributed by atoms with Gasteiger partial charge in [0, 0.05) is 11.1 Å². The second-order valence-corrected chi connectivity index (χ2v) is 3.41. The van der Waals surface area contributed by atoms with Crippen molar-refractivity contribution in [1.29, 1.82) is 0 Å². The summed E-state index contributed by atoms with van der Waals surface area (Å²) in [7, 11) is 0. The molecule has 2 aromatic rings. The zero-order chi connectivity index (χ0) is 10.8. The van der Waals surface area contributed by atoms with Gasteiger partial charge in [0.25, 0.3) is 0 Å². The quantitative estimate of drug-likeness (QED) is 0.660. The largest absolute Gasteiger partial charge is 0.206 e. The highest BCUT2D eigenvalue weighted by Gasteiger charge is 2.11. The summed E-state index contributed by atoms with van der Waals surface area (Å²) in [6, 6.07) is 10.9. The summed E-state index contributed by atoms with van der Waals surface area (Å²) in [6.45, 7) is 1.77. The fourth-order valence-corrected chi connectivity index (χ4v) is 1.64. The number of hydrogen-bond acceptors (Lipinski definition) is 0. The molecule has 0 aliphatic rings. The molecule has 0 fully saturated rings. The summed E-state index contributed by atoms with van der Waals surface area (Å²) in [5, 5.41) is 0. The van der Waals surface area contributed by atoms with Gasteiger partial charge in [0.2, 0.25) is 0 Å². The molecule has 2 aromatic carbocycles. The smallest absolute Gasteiger partial charge is 0.131 e. The van der Waals surface area contributed by atoms with E-state index < -0.39 is 5.82 Å². The van der Waals surface area contributed by atoms with Crippen LogP contribution < -0.4 is 0 Å². The van der Waals surface area contributed by atoms with Crippen LogP contribution in [0.5, 0.6) is 0 Å². The van der Waals surface area contributed by atoms with E-state index >= 15 is 0 Å². The maximum atomic E-state index is 13.5. The average molecular weight is 204 g/mol. The Morgan fingerprint density at radius 2 is 1.47 bits per heavy atom. The summed E-state index contributed by atoms with van der Waals surface area (Å²) >= 11 is 0. The third-order valence-corrected chi connectivity index (χ3v) is 2.37. The monoisotopic (exact) mass is 204 g/mol. The summed E-state index contributed by atoms with van der Waals surface area (Å²) in [6.07, 6.45) is 0. The summed E-state index contributed by atoms with van der Waals surface area (Å²) in [5.41, 5.74) is 1.39. The van der Waals surface area contributed by atoms with Gasteiger partial charge in [-0.3, -0.25) is 0 Å². The van der Waals surface area contributed by atoms with Crippen molar-refractivity contribution in [3.05, 3.63) is 59.7 Å². The van der Waals surface area contributed by atoms with Crippen molar-refractivity contribution in [2.24, 2.45) is 0 Å². The highest BCUT2D eigenvalue weighted by Crippen LogP contribution is 2.28. The number of aryl methyl sites for hydroxylation is 1. The normalized spacial score (nSPS) is 10.3. The van der Waals surface area contributed by atoms with E-state index in [0.717, 1.165) is 5.56 Å². The molecular formula is C13H10F2. The van der Waals surface area contributed by atoms with E-state index in [4.69, 9.17) is 0 Å². The van der Waals surface area contributed by atoms with Crippen LogP contribution in [0.1, 0.15) is 5.56 Å². The Morgan fingerprint density at radius 3 is 2.13 bits per heavy atom. The minimum Gasteiger partial charge on any atom is -0.206 e. The Labute approximate surface area is 87.2 Å². The van der Waals surface area contributed by atoms with Crippen LogP contribution in [-0.2, 0) is 0 Å². The van der Waals surface area contributed by atoms with E-state index in [9.17, 15) is 8.78 Å². The van der Waals surface area contributed by atoms with E-state index in [1.807, 2.05) is 0 Å². The van der Waals surface area contributed by atoms with Gasteiger partial charge in [0.1, 0.15) is 11.6 Å². The van der Waals surface area contributed by atoms with Crippen LogP contribution in [0.25, 0.3) is 11.1 Å². The topological polar surface area (TPSA) is 0 Å². The molecule has 2 heteroatoms. The predicted molar refractivity (Wildman–Crippen MR) is 56.5 cm³/mol. The number of hydrogen-bond donors (Lipinski definition) is 0. The van der Waals surface area contributed by atoms with Crippen molar-refractivity contribution in [1.82, 2.24) is 0 Å². The first-order valence-electron chi connectivity index (χ1n) is 4.70. The average Bonchev–Trinajstić information content (AvgIpc) is 2.20. The molecule has 0 radical (unpaired) electrons. The molecule has 0 amide bonds. The molecule has 0 heterocycles. The van der Waals surface area contributed by atoms with Crippen molar-refractivity contribution in [3.63, 3.8) is 0 Å². The fraction of sp³-hybridized carbons (Fsp3) is 0.0769. The third kappa shape index (κ3) is 1.75. The molecule has 0 spiro atoms. The summed E-state index contributed by atoms with van der Waals surface area (Å²) in [4.78, 5) is 0. The molecule has 0 atom stereocenters. The van der Waals surface area contributed by atoms with Crippen molar-refractivity contribution in [2.45, 2.75) is 6.92 Å². The van der Waals surface area contributed by atoms with E-state index in [1.54, 1.807) is 37.3 Å². The second kappa shape index (κ2) is 3.81. The van der Waals surface area contributed by atoms with Gasteiger partial charge in [-0.1, -0.05) is 30.3 Å². The lowest BCUT2D eigenvalue weighted by Gasteiger charge is -2.07. The van der Waals surface area contributed by atoms with E-state index in [1.165, 1.54) is 12.1 Å². The maximum Gasteiger partial charge on any atom is 0.131 e. The molecule has 0 N–H and O–H groups in total. The van der Waals surface area contributed by atoms with E-state index in [0.29, 0.717) is 11.1 Å². The number of halogens is 2. The van der Waals surface area contributed by atoms with Crippen molar-refractivity contribution < 1.29 is 8.78 Å². The van der Waals surface area contributed by atoms with Crippen LogP contribution in [0.4, 0.5) is 8.78 Å². The maximum absolute atomic E-state index is 13.5. The fourth-order valence-electron chi connectivity index (χ4n) is 1.64. The SMILES string of the molecule is Cc1cccc(F)c1-c1ccccc1F. The van der Waals surface area contributed by atoms with Gasteiger partial charge in [0.05, 0.1) is 0 Å². The molecule has 0 nitrogen and oxygen atoms in total. The molecule has 2 rings (SSSR count). The molecule has 0 aromatic heterocycles. The van der Waals surface area contributed by atoms with Crippen LogP contribution in [-0.4, -0.2) is 0 Å². The van der Waals surface area contributed by atoms with Crippen LogP contribution in [0.2, 0.25) is 0 Å². The van der Waals surface area contributed by atoms with Crippen molar-refractivity contribution in [2.75, 3.05) is 0 Å². The van der Waals surface area contributed by atoms with Gasteiger partial charge in [0.15, 0.2) is 0 Å². The van der Waals surface area contributed by atoms with Gasteiger partial charge in [-0.25, -0.2) is 8.78 Å². The highest BCUT2D eigenvalue weighted by atomic mass is 19.1. The zero-order valence-corrected chi connectivity index (χ0v) is 8.30. The van der Waals surface area contributed by atoms with Gasteiger partial charge in [-0.2, -0.15) is 0 Å². The Hall–Kier alpha value is -1.70. The first kappa shape index (κ1) is 9.84. The Kier molecular flexibility index (Phi) is 2.50. The zero-order valence-electron chi connectivity index (χ0n) is 8.30. The molecular weight excluding hydrogens is 194 g/mol. The van der Waals surface area contributed by atoms with Crippen LogP contribution >= 0.6 is 0 Å². The minimum atomic E-state index is -0.397. The highest BCUT2D eigenvalue weighted by molar-refractivity contribution is 5.68. The molecule has 0 saturated carbocycles. The van der Waals surface area contributed by atoms with Crippen molar-refractivity contribution >= 4 is 0 Å². The van der Waals surface area contributed by atoms with Crippen molar-refractivity contribution in [3.8, 4) is 11.1 Å². The van der Waals surface area contributed by atoms with Gasteiger partial charge < -0.3 is 0 Å². The Bertz CT molecular complexity index is 469. The number of benzene rings is 2. The van der Waals surface area contributed by atoms with Crippen LogP contribution in [0.15, 0.2) is 42.5 Å². The lowest BCUT2D eigenvalue weighted by atomic mass is 10.00. The molecule has 0 unspecified atom stereocenters. The summed E-state index contributed by atoms with van der Waals surface area (Å²) in [5.74, 6) is -0.786. The molecule has 15 heavy (non-hydrogen) atoms. The van der Waals surface area contributed by atoms with Crippen LogP contribution in [0.3, 0.4) is 0 Å². The van der Waals surface area contributed by atoms with Gasteiger partial charge >= 0.3 is 0 Å². The molecule has 0 bridgehead atoms. The Balaban J connectivity index is 2.69. The predicted octanol–water partition coefficient (Wildman–Crippen LogP) is 3.94. The minimum absolute atomic E-state index is 0.313. The molecule has 0 aliphatic carbocycles. The Morgan fingerprint density at radius 1 is 0.800 bits per heavy atom.